The van der Waals surface area contributed by atoms with E-state index in [1.54, 1.807) is 23.1 Å². The van der Waals surface area contributed by atoms with Crippen molar-refractivity contribution in [3.63, 3.8) is 0 Å². The molecule has 2 bridgehead atoms. The SMILES string of the molecule is C[C@@]12C[C@@H](c3ccccc3O1)[C@H](C(N)=O)C(=O)N2CCOc1ccc2c(c1)OCO2. The average molecular weight is 410 g/mol. The van der Waals surface area contributed by atoms with Crippen LogP contribution in [0.25, 0.3) is 0 Å². The van der Waals surface area contributed by atoms with Crippen LogP contribution in [0.1, 0.15) is 24.8 Å². The van der Waals surface area contributed by atoms with Gasteiger partial charge in [-0.2, -0.15) is 0 Å². The minimum absolute atomic E-state index is 0.188. The van der Waals surface area contributed by atoms with E-state index in [1.807, 2.05) is 31.2 Å². The van der Waals surface area contributed by atoms with Crippen molar-refractivity contribution in [2.75, 3.05) is 19.9 Å². The van der Waals surface area contributed by atoms with E-state index in [2.05, 4.69) is 0 Å². The van der Waals surface area contributed by atoms with Crippen LogP contribution in [0.3, 0.4) is 0 Å². The number of benzene rings is 2. The Hall–Kier alpha value is -3.42. The van der Waals surface area contributed by atoms with Crippen molar-refractivity contribution in [2.24, 2.45) is 11.7 Å². The van der Waals surface area contributed by atoms with E-state index in [0.29, 0.717) is 29.4 Å². The van der Waals surface area contributed by atoms with Crippen molar-refractivity contribution in [2.45, 2.75) is 25.0 Å². The fourth-order valence-electron chi connectivity index (χ4n) is 4.60. The number of primary amides is 1. The van der Waals surface area contributed by atoms with Gasteiger partial charge in [-0.05, 0) is 30.7 Å². The lowest BCUT2D eigenvalue weighted by atomic mass is 9.73. The Labute approximate surface area is 173 Å². The molecule has 8 heteroatoms. The summed E-state index contributed by atoms with van der Waals surface area (Å²) in [6.07, 6.45) is 0.493. The zero-order chi connectivity index (χ0) is 20.9. The number of piperidine rings is 1. The maximum absolute atomic E-state index is 13.2. The van der Waals surface area contributed by atoms with Gasteiger partial charge in [-0.25, -0.2) is 0 Å². The van der Waals surface area contributed by atoms with Crippen LogP contribution in [0, 0.1) is 5.92 Å². The minimum Gasteiger partial charge on any atom is -0.492 e. The van der Waals surface area contributed by atoms with Crippen molar-refractivity contribution < 1.29 is 28.5 Å². The average Bonchev–Trinajstić information content (AvgIpc) is 3.18. The Balaban J connectivity index is 1.37. The van der Waals surface area contributed by atoms with Gasteiger partial charge in [0.1, 0.15) is 24.0 Å². The predicted molar refractivity (Wildman–Crippen MR) is 105 cm³/mol. The van der Waals surface area contributed by atoms with Gasteiger partial charge in [0, 0.05) is 18.4 Å². The molecule has 3 aliphatic heterocycles. The highest BCUT2D eigenvalue weighted by Crippen LogP contribution is 2.49. The third-order valence-electron chi connectivity index (χ3n) is 5.99. The second-order valence-corrected chi connectivity index (χ2v) is 7.86. The summed E-state index contributed by atoms with van der Waals surface area (Å²) in [7, 11) is 0. The lowest BCUT2D eigenvalue weighted by Gasteiger charge is -2.52. The highest BCUT2D eigenvalue weighted by atomic mass is 16.7. The highest BCUT2D eigenvalue weighted by molar-refractivity contribution is 6.01. The van der Waals surface area contributed by atoms with Crippen LogP contribution in [0.5, 0.6) is 23.0 Å². The first-order valence-corrected chi connectivity index (χ1v) is 9.87. The number of carbonyl (C=O) groups is 2. The Morgan fingerprint density at radius 3 is 2.83 bits per heavy atom. The summed E-state index contributed by atoms with van der Waals surface area (Å²) in [4.78, 5) is 27.0. The number of ether oxygens (including phenoxy) is 4. The van der Waals surface area contributed by atoms with Crippen LogP contribution < -0.4 is 24.7 Å². The molecule has 2 N–H and O–H groups in total. The fraction of sp³-hybridized carbons (Fsp3) is 0.364. The number of hydrogen-bond donors (Lipinski definition) is 1. The number of likely N-dealkylation sites (tertiary alicyclic amines) is 1. The Kier molecular flexibility index (Phi) is 4.23. The van der Waals surface area contributed by atoms with Crippen LogP contribution in [-0.2, 0) is 9.59 Å². The monoisotopic (exact) mass is 410 g/mol. The number of hydrogen-bond acceptors (Lipinski definition) is 6. The molecule has 8 nitrogen and oxygen atoms in total. The van der Waals surface area contributed by atoms with Crippen molar-refractivity contribution >= 4 is 11.8 Å². The lowest BCUT2D eigenvalue weighted by Crippen LogP contribution is -2.65. The minimum atomic E-state index is -0.923. The van der Waals surface area contributed by atoms with Crippen LogP contribution in [0.4, 0.5) is 0 Å². The number of amides is 2. The normalized spacial score (nSPS) is 26.0. The van der Waals surface area contributed by atoms with E-state index in [-0.39, 0.29) is 31.8 Å². The fourth-order valence-corrected chi connectivity index (χ4v) is 4.60. The Morgan fingerprint density at radius 2 is 2.00 bits per heavy atom. The van der Waals surface area contributed by atoms with Crippen LogP contribution >= 0.6 is 0 Å². The molecular weight excluding hydrogens is 388 g/mol. The number of nitrogens with zero attached hydrogens (tertiary/aromatic N) is 1. The number of fused-ring (bicyclic) bond motifs is 5. The van der Waals surface area contributed by atoms with E-state index in [9.17, 15) is 9.59 Å². The van der Waals surface area contributed by atoms with Crippen LogP contribution in [0.15, 0.2) is 42.5 Å². The molecule has 1 fully saturated rings. The quantitative estimate of drug-likeness (QED) is 0.757. The Bertz CT molecular complexity index is 1020. The smallest absolute Gasteiger partial charge is 0.238 e. The first kappa shape index (κ1) is 18.6. The summed E-state index contributed by atoms with van der Waals surface area (Å²) in [5, 5.41) is 0. The standard InChI is InChI=1S/C22H22N2O6/c1-22-11-15(14-4-2-3-5-16(14)30-22)19(20(23)25)21(26)24(22)8-9-27-13-6-7-17-18(10-13)29-12-28-17/h2-7,10,15,19H,8-9,11-12H2,1H3,(H2,23,25)/t15-,19+,22-/m0/s1. The molecule has 2 amide bonds. The molecule has 5 rings (SSSR count). The van der Waals surface area contributed by atoms with Crippen molar-refractivity contribution in [1.82, 2.24) is 4.90 Å². The van der Waals surface area contributed by atoms with Gasteiger partial charge in [0.2, 0.25) is 18.6 Å². The molecule has 3 heterocycles. The topological polar surface area (TPSA) is 100 Å². The van der Waals surface area contributed by atoms with E-state index < -0.39 is 17.6 Å². The van der Waals surface area contributed by atoms with Crippen LogP contribution in [-0.4, -0.2) is 42.4 Å². The largest absolute Gasteiger partial charge is 0.492 e. The lowest BCUT2D eigenvalue weighted by molar-refractivity contribution is -0.176. The highest BCUT2D eigenvalue weighted by Gasteiger charge is 2.55. The van der Waals surface area contributed by atoms with Gasteiger partial charge >= 0.3 is 0 Å². The molecule has 1 saturated heterocycles. The van der Waals surface area contributed by atoms with E-state index in [4.69, 9.17) is 24.7 Å². The molecule has 2 aromatic carbocycles. The molecule has 156 valence electrons. The van der Waals surface area contributed by atoms with E-state index >= 15 is 0 Å². The third kappa shape index (κ3) is 2.91. The van der Waals surface area contributed by atoms with Gasteiger partial charge in [0.25, 0.3) is 0 Å². The van der Waals surface area contributed by atoms with Gasteiger partial charge in [0.15, 0.2) is 17.2 Å². The molecule has 2 aromatic rings. The predicted octanol–water partition coefficient (Wildman–Crippen LogP) is 2.02. The maximum Gasteiger partial charge on any atom is 0.238 e. The molecule has 3 atom stereocenters. The second-order valence-electron chi connectivity index (χ2n) is 7.86. The molecular formula is C22H22N2O6. The number of nitrogens with two attached hydrogens (primary N) is 1. The first-order valence-electron chi connectivity index (χ1n) is 9.87. The van der Waals surface area contributed by atoms with Gasteiger partial charge in [-0.3, -0.25) is 9.59 Å². The summed E-state index contributed by atoms with van der Waals surface area (Å²) in [5.74, 6) is 0.410. The third-order valence-corrected chi connectivity index (χ3v) is 5.99. The van der Waals surface area contributed by atoms with Gasteiger partial charge < -0.3 is 29.6 Å². The molecule has 0 spiro atoms. The van der Waals surface area contributed by atoms with Gasteiger partial charge in [0.05, 0.1) is 6.54 Å². The van der Waals surface area contributed by atoms with E-state index in [1.165, 1.54) is 0 Å². The summed E-state index contributed by atoms with van der Waals surface area (Å²) in [6, 6.07) is 12.8. The van der Waals surface area contributed by atoms with E-state index in [0.717, 1.165) is 5.56 Å². The molecule has 30 heavy (non-hydrogen) atoms. The van der Waals surface area contributed by atoms with Crippen molar-refractivity contribution in [3.8, 4) is 23.0 Å². The zero-order valence-electron chi connectivity index (χ0n) is 16.5. The number of carbonyl (C=O) groups excluding carboxylic acids is 2. The van der Waals surface area contributed by atoms with Gasteiger partial charge in [-0.1, -0.05) is 18.2 Å². The first-order chi connectivity index (χ1) is 14.5. The van der Waals surface area contributed by atoms with Gasteiger partial charge in [-0.15, -0.1) is 0 Å². The maximum atomic E-state index is 13.2. The number of rotatable bonds is 5. The molecule has 0 radical (unpaired) electrons. The second kappa shape index (κ2) is 6.83. The summed E-state index contributed by atoms with van der Waals surface area (Å²) in [6.45, 7) is 2.53. The molecule has 0 aromatic heterocycles. The van der Waals surface area contributed by atoms with Crippen molar-refractivity contribution in [1.29, 1.82) is 0 Å². The van der Waals surface area contributed by atoms with Crippen molar-refractivity contribution in [3.05, 3.63) is 48.0 Å². The van der Waals surface area contributed by atoms with Crippen LogP contribution in [0.2, 0.25) is 0 Å². The molecule has 0 saturated carbocycles. The zero-order valence-corrected chi connectivity index (χ0v) is 16.5. The molecule has 0 aliphatic carbocycles. The molecule has 3 aliphatic rings. The summed E-state index contributed by atoms with van der Waals surface area (Å²) < 4.78 is 22.7. The molecule has 0 unspecified atom stereocenters. The number of para-hydroxylation sites is 1. The Morgan fingerprint density at radius 1 is 1.20 bits per heavy atom. The summed E-state index contributed by atoms with van der Waals surface area (Å²) in [5.41, 5.74) is 5.62. The summed E-state index contributed by atoms with van der Waals surface area (Å²) >= 11 is 0.